The molecule has 0 atom stereocenters. The lowest BCUT2D eigenvalue weighted by atomic mass is 10.3. The van der Waals surface area contributed by atoms with Gasteiger partial charge in [0, 0.05) is 30.9 Å². The zero-order chi connectivity index (χ0) is 22.9. The number of carbonyl (C=O) groups excluding carboxylic acids is 2. The molecule has 3 aromatic rings. The highest BCUT2D eigenvalue weighted by atomic mass is 32.2. The number of hydrogen-bond donors (Lipinski definition) is 2. The first-order chi connectivity index (χ1) is 15.5. The molecule has 2 N–H and O–H groups in total. The first-order valence-corrected chi connectivity index (χ1v) is 11.0. The second-order valence-electron chi connectivity index (χ2n) is 6.71. The Bertz CT molecular complexity index is 1070. The topological polar surface area (TPSA) is 107 Å². The third-order valence-corrected chi connectivity index (χ3v) is 5.31. The zero-order valence-electron chi connectivity index (χ0n) is 18.1. The van der Waals surface area contributed by atoms with Gasteiger partial charge in [-0.05, 0) is 43.3 Å². The number of benzene rings is 2. The van der Waals surface area contributed by atoms with Crippen LogP contribution in [0.5, 0.6) is 11.5 Å². The van der Waals surface area contributed by atoms with Crippen LogP contribution in [0, 0.1) is 0 Å². The van der Waals surface area contributed by atoms with Crippen LogP contribution in [0.25, 0.3) is 0 Å². The molecule has 1 heterocycles. The van der Waals surface area contributed by atoms with Crippen LogP contribution in [0.2, 0.25) is 0 Å². The molecule has 0 aliphatic heterocycles. The number of nitrogens with zero attached hydrogens (tertiary/aromatic N) is 3. The Kier molecular flexibility index (Phi) is 8.09. The normalized spacial score (nSPS) is 10.5. The fraction of sp³-hybridized carbons (Fsp3) is 0.273. The molecule has 0 radical (unpaired) electrons. The molecular formula is C22H25N5O4S. The van der Waals surface area contributed by atoms with E-state index >= 15 is 0 Å². The first kappa shape index (κ1) is 23.1. The Morgan fingerprint density at radius 2 is 1.72 bits per heavy atom. The number of hydrogen-bond acceptors (Lipinski definition) is 7. The molecule has 0 bridgehead atoms. The fourth-order valence-corrected chi connectivity index (χ4v) is 3.68. The van der Waals surface area contributed by atoms with Crippen molar-refractivity contribution in [1.29, 1.82) is 0 Å². The second kappa shape index (κ2) is 11.2. The summed E-state index contributed by atoms with van der Waals surface area (Å²) >= 11 is 1.30. The molecule has 0 fully saturated rings. The van der Waals surface area contributed by atoms with Gasteiger partial charge in [0.05, 0.1) is 12.9 Å². The molecule has 0 aliphatic rings. The van der Waals surface area contributed by atoms with E-state index in [4.69, 9.17) is 9.47 Å². The van der Waals surface area contributed by atoms with Gasteiger partial charge in [0.15, 0.2) is 11.0 Å². The minimum absolute atomic E-state index is 0.147. The lowest BCUT2D eigenvalue weighted by molar-refractivity contribution is -0.114. The Hall–Kier alpha value is -3.53. The van der Waals surface area contributed by atoms with Crippen molar-refractivity contribution in [2.24, 2.45) is 0 Å². The van der Waals surface area contributed by atoms with E-state index < -0.39 is 0 Å². The van der Waals surface area contributed by atoms with Crippen LogP contribution in [0.4, 0.5) is 11.4 Å². The summed E-state index contributed by atoms with van der Waals surface area (Å²) in [6.45, 7) is 4.33. The summed E-state index contributed by atoms with van der Waals surface area (Å²) in [4.78, 5) is 23.4. The van der Waals surface area contributed by atoms with Crippen molar-refractivity contribution >= 4 is 35.0 Å². The van der Waals surface area contributed by atoms with E-state index in [0.29, 0.717) is 40.4 Å². The quantitative estimate of drug-likeness (QED) is 0.450. The van der Waals surface area contributed by atoms with Crippen LogP contribution < -0.4 is 20.1 Å². The van der Waals surface area contributed by atoms with Gasteiger partial charge < -0.3 is 24.7 Å². The highest BCUT2D eigenvalue weighted by Crippen LogP contribution is 2.22. The average molecular weight is 456 g/mol. The lowest BCUT2D eigenvalue weighted by Crippen LogP contribution is -2.15. The standard InChI is InChI=1S/C22H25N5O4S/c1-4-27-20(13-31-19-7-5-6-18(12-19)30-3)25-26-22(27)32-14-21(29)24-17-10-8-16(9-11-17)23-15(2)28/h5-12H,4,13-14H2,1-3H3,(H,23,28)(H,24,29). The van der Waals surface area contributed by atoms with Crippen LogP contribution in [0.1, 0.15) is 19.7 Å². The molecule has 9 nitrogen and oxygen atoms in total. The summed E-state index contributed by atoms with van der Waals surface area (Å²) in [5.41, 5.74) is 1.32. The maximum absolute atomic E-state index is 12.3. The predicted molar refractivity (Wildman–Crippen MR) is 123 cm³/mol. The zero-order valence-corrected chi connectivity index (χ0v) is 18.9. The molecule has 3 rings (SSSR count). The molecule has 10 heteroatoms. The van der Waals surface area contributed by atoms with Gasteiger partial charge in [-0.15, -0.1) is 10.2 Å². The second-order valence-corrected chi connectivity index (χ2v) is 7.65. The smallest absolute Gasteiger partial charge is 0.234 e. The maximum Gasteiger partial charge on any atom is 0.234 e. The molecule has 32 heavy (non-hydrogen) atoms. The van der Waals surface area contributed by atoms with Crippen LogP contribution >= 0.6 is 11.8 Å². The molecule has 2 amide bonds. The number of carbonyl (C=O) groups is 2. The monoisotopic (exact) mass is 455 g/mol. The van der Waals surface area contributed by atoms with E-state index in [1.807, 2.05) is 29.7 Å². The minimum atomic E-state index is -0.165. The molecule has 0 saturated carbocycles. The number of aromatic nitrogens is 3. The lowest BCUT2D eigenvalue weighted by Gasteiger charge is -2.10. The van der Waals surface area contributed by atoms with Gasteiger partial charge in [-0.3, -0.25) is 9.59 Å². The first-order valence-electron chi connectivity index (χ1n) is 9.97. The number of rotatable bonds is 10. The van der Waals surface area contributed by atoms with E-state index in [0.717, 1.165) is 0 Å². The van der Waals surface area contributed by atoms with Crippen molar-refractivity contribution in [2.45, 2.75) is 32.2 Å². The Balaban J connectivity index is 1.54. The Morgan fingerprint density at radius 3 is 2.38 bits per heavy atom. The largest absolute Gasteiger partial charge is 0.497 e. The van der Waals surface area contributed by atoms with E-state index in [1.165, 1.54) is 18.7 Å². The van der Waals surface area contributed by atoms with E-state index in [1.54, 1.807) is 37.4 Å². The fourth-order valence-electron chi connectivity index (χ4n) is 2.86. The maximum atomic E-state index is 12.3. The third kappa shape index (κ3) is 6.48. The number of amides is 2. The van der Waals surface area contributed by atoms with E-state index in [2.05, 4.69) is 20.8 Å². The van der Waals surface area contributed by atoms with Gasteiger partial charge in [0.2, 0.25) is 11.8 Å². The van der Waals surface area contributed by atoms with Gasteiger partial charge in [-0.2, -0.15) is 0 Å². The van der Waals surface area contributed by atoms with Gasteiger partial charge in [0.25, 0.3) is 0 Å². The van der Waals surface area contributed by atoms with Crippen LogP contribution in [0.3, 0.4) is 0 Å². The number of nitrogens with one attached hydrogen (secondary N) is 2. The van der Waals surface area contributed by atoms with E-state index in [-0.39, 0.29) is 24.2 Å². The average Bonchev–Trinajstić information content (AvgIpc) is 3.19. The number of methoxy groups -OCH3 is 1. The minimum Gasteiger partial charge on any atom is -0.497 e. The molecule has 0 unspecified atom stereocenters. The van der Waals surface area contributed by atoms with Gasteiger partial charge in [-0.25, -0.2) is 0 Å². The van der Waals surface area contributed by atoms with Crippen LogP contribution in [-0.4, -0.2) is 39.4 Å². The molecule has 2 aromatic carbocycles. The molecule has 1 aromatic heterocycles. The van der Waals surface area contributed by atoms with Gasteiger partial charge in [-0.1, -0.05) is 17.8 Å². The summed E-state index contributed by atoms with van der Waals surface area (Å²) in [5, 5.41) is 14.6. The SMILES string of the molecule is CCn1c(COc2cccc(OC)c2)nnc1SCC(=O)Nc1ccc(NC(C)=O)cc1. The van der Waals surface area contributed by atoms with Gasteiger partial charge >= 0.3 is 0 Å². The summed E-state index contributed by atoms with van der Waals surface area (Å²) in [6.07, 6.45) is 0. The van der Waals surface area contributed by atoms with Crippen molar-refractivity contribution in [1.82, 2.24) is 14.8 Å². The number of thioether (sulfide) groups is 1. The van der Waals surface area contributed by atoms with Gasteiger partial charge in [0.1, 0.15) is 18.1 Å². The van der Waals surface area contributed by atoms with Crippen molar-refractivity contribution < 1.29 is 19.1 Å². The Labute approximate surface area is 190 Å². The molecule has 168 valence electrons. The third-order valence-electron chi connectivity index (χ3n) is 4.34. The van der Waals surface area contributed by atoms with Crippen LogP contribution in [0.15, 0.2) is 53.7 Å². The molecule has 0 saturated heterocycles. The van der Waals surface area contributed by atoms with Crippen molar-refractivity contribution in [3.8, 4) is 11.5 Å². The highest BCUT2D eigenvalue weighted by molar-refractivity contribution is 7.99. The number of ether oxygens (including phenoxy) is 2. The molecule has 0 aliphatic carbocycles. The molecular weight excluding hydrogens is 430 g/mol. The van der Waals surface area contributed by atoms with Crippen molar-refractivity contribution in [2.75, 3.05) is 23.5 Å². The van der Waals surface area contributed by atoms with Crippen molar-refractivity contribution in [3.63, 3.8) is 0 Å². The van der Waals surface area contributed by atoms with Crippen LogP contribution in [-0.2, 0) is 22.7 Å². The summed E-state index contributed by atoms with van der Waals surface area (Å²) in [5.74, 6) is 1.93. The highest BCUT2D eigenvalue weighted by Gasteiger charge is 2.14. The summed E-state index contributed by atoms with van der Waals surface area (Å²) in [6, 6.07) is 14.3. The summed E-state index contributed by atoms with van der Waals surface area (Å²) < 4.78 is 12.9. The van der Waals surface area contributed by atoms with Crippen molar-refractivity contribution in [3.05, 3.63) is 54.4 Å². The predicted octanol–water partition coefficient (Wildman–Crippen LogP) is 3.57. The summed E-state index contributed by atoms with van der Waals surface area (Å²) in [7, 11) is 1.60. The molecule has 0 spiro atoms. The Morgan fingerprint density at radius 1 is 1.03 bits per heavy atom. The number of anilines is 2. The van der Waals surface area contributed by atoms with E-state index in [9.17, 15) is 9.59 Å².